The lowest BCUT2D eigenvalue weighted by Gasteiger charge is -2.15. The minimum atomic E-state index is 0.183. The second kappa shape index (κ2) is 8.55. The molecular formula is C14H27N5O. The van der Waals surface area contributed by atoms with Crippen LogP contribution in [0.3, 0.4) is 0 Å². The van der Waals surface area contributed by atoms with Gasteiger partial charge >= 0.3 is 6.01 Å². The Labute approximate surface area is 121 Å². The van der Waals surface area contributed by atoms with Crippen molar-refractivity contribution in [3.05, 3.63) is 0 Å². The highest BCUT2D eigenvalue weighted by molar-refractivity contribution is 5.33. The highest BCUT2D eigenvalue weighted by Gasteiger charge is 2.09. The Bertz CT molecular complexity index is 397. The summed E-state index contributed by atoms with van der Waals surface area (Å²) in [5.74, 6) is 1.41. The zero-order chi connectivity index (χ0) is 15.0. The molecule has 1 atom stereocenters. The maximum Gasteiger partial charge on any atom is 0.323 e. The number of hydrogen-bond donors (Lipinski definition) is 2. The summed E-state index contributed by atoms with van der Waals surface area (Å²) in [5.41, 5.74) is 5.66. The molecule has 0 amide bonds. The van der Waals surface area contributed by atoms with Crippen LogP contribution in [0.2, 0.25) is 0 Å². The van der Waals surface area contributed by atoms with E-state index in [2.05, 4.69) is 41.0 Å². The van der Waals surface area contributed by atoms with Gasteiger partial charge < -0.3 is 15.8 Å². The van der Waals surface area contributed by atoms with Crippen molar-refractivity contribution in [2.24, 2.45) is 5.92 Å². The topological polar surface area (TPSA) is 86.0 Å². The summed E-state index contributed by atoms with van der Waals surface area (Å²) in [6, 6.07) is 0.589. The Morgan fingerprint density at radius 1 is 1.15 bits per heavy atom. The molecule has 0 saturated carbocycles. The van der Waals surface area contributed by atoms with Crippen LogP contribution < -0.4 is 15.8 Å². The summed E-state index contributed by atoms with van der Waals surface area (Å²) >= 11 is 0. The zero-order valence-corrected chi connectivity index (χ0v) is 13.0. The van der Waals surface area contributed by atoms with Gasteiger partial charge in [-0.2, -0.15) is 15.0 Å². The fourth-order valence-corrected chi connectivity index (χ4v) is 1.82. The molecule has 0 aromatic carbocycles. The predicted octanol–water partition coefficient (Wildman–Crippen LogP) is 2.87. The monoisotopic (exact) mass is 281 g/mol. The van der Waals surface area contributed by atoms with Gasteiger partial charge in [-0.15, -0.1) is 0 Å². The molecule has 0 bridgehead atoms. The number of nitrogen functional groups attached to an aromatic ring is 1. The van der Waals surface area contributed by atoms with Gasteiger partial charge in [-0.05, 0) is 25.7 Å². The first-order valence-electron chi connectivity index (χ1n) is 7.42. The van der Waals surface area contributed by atoms with Crippen molar-refractivity contribution in [2.45, 2.75) is 59.4 Å². The van der Waals surface area contributed by atoms with Gasteiger partial charge in [-0.1, -0.05) is 33.6 Å². The van der Waals surface area contributed by atoms with E-state index in [1.165, 1.54) is 12.8 Å². The van der Waals surface area contributed by atoms with Crippen LogP contribution in [0.15, 0.2) is 0 Å². The number of rotatable bonds is 9. The molecule has 1 heterocycles. The molecule has 3 N–H and O–H groups in total. The summed E-state index contributed by atoms with van der Waals surface area (Å²) in [4.78, 5) is 12.3. The fraction of sp³-hybridized carbons (Fsp3) is 0.786. The molecule has 1 unspecified atom stereocenters. The summed E-state index contributed by atoms with van der Waals surface area (Å²) in [6.07, 6.45) is 4.40. The van der Waals surface area contributed by atoms with Gasteiger partial charge in [0, 0.05) is 6.04 Å². The van der Waals surface area contributed by atoms with Crippen molar-refractivity contribution in [1.29, 1.82) is 0 Å². The van der Waals surface area contributed by atoms with Crippen molar-refractivity contribution < 1.29 is 4.74 Å². The highest BCUT2D eigenvalue weighted by Crippen LogP contribution is 2.13. The summed E-state index contributed by atoms with van der Waals surface area (Å²) < 4.78 is 5.39. The number of aromatic nitrogens is 3. The number of hydrogen-bond acceptors (Lipinski definition) is 6. The molecule has 1 aromatic heterocycles. The molecule has 0 radical (unpaired) electrons. The number of nitrogens with two attached hydrogens (primary N) is 1. The molecule has 114 valence electrons. The SMILES string of the molecule is CCCOc1nc(N)nc(NC(C)CCCC(C)C)n1. The highest BCUT2D eigenvalue weighted by atomic mass is 16.5. The van der Waals surface area contributed by atoms with Gasteiger partial charge in [0.15, 0.2) is 0 Å². The minimum Gasteiger partial charge on any atom is -0.463 e. The molecule has 20 heavy (non-hydrogen) atoms. The molecule has 1 aromatic rings. The lowest BCUT2D eigenvalue weighted by molar-refractivity contribution is 0.292. The predicted molar refractivity (Wildman–Crippen MR) is 81.8 cm³/mol. The van der Waals surface area contributed by atoms with E-state index in [0.717, 1.165) is 18.8 Å². The van der Waals surface area contributed by atoms with Gasteiger partial charge in [-0.3, -0.25) is 0 Å². The Morgan fingerprint density at radius 3 is 2.55 bits per heavy atom. The average Bonchev–Trinajstić information content (AvgIpc) is 2.35. The standard InChI is InChI=1S/C14H27N5O/c1-5-9-20-14-18-12(15)17-13(19-14)16-11(4)8-6-7-10(2)3/h10-11H,5-9H2,1-4H3,(H3,15,16,17,18,19). The van der Waals surface area contributed by atoms with E-state index in [9.17, 15) is 0 Å². The maximum absolute atomic E-state index is 5.66. The first-order chi connectivity index (χ1) is 9.51. The summed E-state index contributed by atoms with van der Waals surface area (Å²) in [5, 5.41) is 3.25. The van der Waals surface area contributed by atoms with E-state index in [4.69, 9.17) is 10.5 Å². The molecule has 6 heteroatoms. The molecule has 0 saturated heterocycles. The Balaban J connectivity index is 2.51. The van der Waals surface area contributed by atoms with Crippen LogP contribution in [-0.4, -0.2) is 27.6 Å². The molecule has 0 fully saturated rings. The van der Waals surface area contributed by atoms with Crippen LogP contribution in [0.25, 0.3) is 0 Å². The third-order valence-electron chi connectivity index (χ3n) is 2.86. The zero-order valence-electron chi connectivity index (χ0n) is 13.0. The normalized spacial score (nSPS) is 12.4. The largest absolute Gasteiger partial charge is 0.463 e. The van der Waals surface area contributed by atoms with Gasteiger partial charge in [-0.25, -0.2) is 0 Å². The first-order valence-corrected chi connectivity index (χ1v) is 7.42. The smallest absolute Gasteiger partial charge is 0.323 e. The van der Waals surface area contributed by atoms with Crippen molar-refractivity contribution >= 4 is 11.9 Å². The Kier molecular flexibility index (Phi) is 7.04. The molecule has 0 spiro atoms. The first kappa shape index (κ1) is 16.5. The van der Waals surface area contributed by atoms with Crippen LogP contribution >= 0.6 is 0 Å². The van der Waals surface area contributed by atoms with Crippen LogP contribution in [0.5, 0.6) is 6.01 Å². The molecule has 1 rings (SSSR count). The van der Waals surface area contributed by atoms with Crippen molar-refractivity contribution in [1.82, 2.24) is 15.0 Å². The van der Waals surface area contributed by atoms with E-state index < -0.39 is 0 Å². The van der Waals surface area contributed by atoms with Crippen LogP contribution in [0.1, 0.15) is 53.4 Å². The number of nitrogens with one attached hydrogen (secondary N) is 1. The van der Waals surface area contributed by atoms with E-state index in [1.807, 2.05) is 6.92 Å². The van der Waals surface area contributed by atoms with E-state index in [0.29, 0.717) is 18.6 Å². The molecule has 0 aliphatic rings. The van der Waals surface area contributed by atoms with Crippen molar-refractivity contribution in [3.63, 3.8) is 0 Å². The molecule has 0 aliphatic carbocycles. The van der Waals surface area contributed by atoms with E-state index in [1.54, 1.807) is 0 Å². The van der Waals surface area contributed by atoms with Crippen molar-refractivity contribution in [2.75, 3.05) is 17.7 Å². The van der Waals surface area contributed by atoms with E-state index >= 15 is 0 Å². The van der Waals surface area contributed by atoms with Gasteiger partial charge in [0.25, 0.3) is 0 Å². The number of nitrogens with zero attached hydrogens (tertiary/aromatic N) is 3. The molecular weight excluding hydrogens is 254 g/mol. The van der Waals surface area contributed by atoms with Gasteiger partial charge in [0.1, 0.15) is 0 Å². The Hall–Kier alpha value is -1.59. The molecule has 0 aliphatic heterocycles. The number of ether oxygens (including phenoxy) is 1. The fourth-order valence-electron chi connectivity index (χ4n) is 1.82. The van der Waals surface area contributed by atoms with Crippen LogP contribution in [-0.2, 0) is 0 Å². The second-order valence-electron chi connectivity index (χ2n) is 5.52. The lowest BCUT2D eigenvalue weighted by atomic mass is 10.0. The van der Waals surface area contributed by atoms with Crippen LogP contribution in [0, 0.1) is 5.92 Å². The van der Waals surface area contributed by atoms with Crippen molar-refractivity contribution in [3.8, 4) is 6.01 Å². The minimum absolute atomic E-state index is 0.183. The number of anilines is 2. The van der Waals surface area contributed by atoms with Gasteiger partial charge in [0.2, 0.25) is 11.9 Å². The van der Waals surface area contributed by atoms with Crippen LogP contribution in [0.4, 0.5) is 11.9 Å². The Morgan fingerprint density at radius 2 is 1.90 bits per heavy atom. The van der Waals surface area contributed by atoms with E-state index in [-0.39, 0.29) is 12.0 Å². The quantitative estimate of drug-likeness (QED) is 0.724. The summed E-state index contributed by atoms with van der Waals surface area (Å²) in [7, 11) is 0. The average molecular weight is 281 g/mol. The van der Waals surface area contributed by atoms with Gasteiger partial charge in [0.05, 0.1) is 6.61 Å². The molecule has 6 nitrogen and oxygen atoms in total. The maximum atomic E-state index is 5.66. The third-order valence-corrected chi connectivity index (χ3v) is 2.86. The summed E-state index contributed by atoms with van der Waals surface area (Å²) in [6.45, 7) is 9.20. The third kappa shape index (κ3) is 6.54. The lowest BCUT2D eigenvalue weighted by Crippen LogP contribution is -2.18. The second-order valence-corrected chi connectivity index (χ2v) is 5.52.